The Morgan fingerprint density at radius 3 is 2.12 bits per heavy atom. The molecular formula is C28H31ClN2O3. The van der Waals surface area contributed by atoms with E-state index in [-0.39, 0.29) is 18.2 Å². The van der Waals surface area contributed by atoms with Crippen LogP contribution in [0.15, 0.2) is 84.9 Å². The number of nitrogens with zero attached hydrogens (tertiary/aromatic N) is 1. The first kappa shape index (κ1) is 25.5. The van der Waals surface area contributed by atoms with Crippen molar-refractivity contribution in [1.29, 1.82) is 0 Å². The number of amides is 2. The number of hydrogen-bond acceptors (Lipinski definition) is 3. The molecule has 2 amide bonds. The average molecular weight is 479 g/mol. The highest BCUT2D eigenvalue weighted by atomic mass is 35.5. The Balaban J connectivity index is 1.88. The number of ether oxygens (including phenoxy) is 1. The van der Waals surface area contributed by atoms with Crippen molar-refractivity contribution < 1.29 is 14.3 Å². The largest absolute Gasteiger partial charge is 0.385 e. The van der Waals surface area contributed by atoms with Gasteiger partial charge in [0.1, 0.15) is 6.04 Å². The molecule has 0 aliphatic carbocycles. The Kier molecular flexibility index (Phi) is 10.1. The highest BCUT2D eigenvalue weighted by Gasteiger charge is 2.30. The highest BCUT2D eigenvalue weighted by Crippen LogP contribution is 2.17. The highest BCUT2D eigenvalue weighted by molar-refractivity contribution is 6.30. The summed E-state index contributed by atoms with van der Waals surface area (Å²) in [6.07, 6.45) is 1.32. The first-order valence-corrected chi connectivity index (χ1v) is 11.8. The maximum absolute atomic E-state index is 13.6. The van der Waals surface area contributed by atoms with Crippen LogP contribution in [0, 0.1) is 0 Å². The van der Waals surface area contributed by atoms with E-state index in [4.69, 9.17) is 16.3 Å². The molecule has 1 atom stereocenters. The van der Waals surface area contributed by atoms with E-state index in [0.29, 0.717) is 37.6 Å². The smallest absolute Gasteiger partial charge is 0.243 e. The zero-order valence-corrected chi connectivity index (χ0v) is 20.2. The minimum Gasteiger partial charge on any atom is -0.385 e. The van der Waals surface area contributed by atoms with Gasteiger partial charge in [-0.3, -0.25) is 9.59 Å². The summed E-state index contributed by atoms with van der Waals surface area (Å²) in [6, 6.07) is 26.1. The minimum absolute atomic E-state index is 0.112. The number of methoxy groups -OCH3 is 1. The lowest BCUT2D eigenvalue weighted by atomic mass is 10.0. The van der Waals surface area contributed by atoms with E-state index in [0.717, 1.165) is 16.7 Å². The molecule has 0 bridgehead atoms. The topological polar surface area (TPSA) is 58.6 Å². The molecule has 3 aromatic rings. The van der Waals surface area contributed by atoms with Crippen molar-refractivity contribution in [3.05, 3.63) is 107 Å². The molecule has 0 radical (unpaired) electrons. The normalized spacial score (nSPS) is 11.6. The summed E-state index contributed by atoms with van der Waals surface area (Å²) in [7, 11) is 1.64. The van der Waals surface area contributed by atoms with Gasteiger partial charge in [0.05, 0.1) is 6.42 Å². The lowest BCUT2D eigenvalue weighted by molar-refractivity contribution is -0.140. The monoisotopic (exact) mass is 478 g/mol. The third kappa shape index (κ3) is 8.01. The average Bonchev–Trinajstić information content (AvgIpc) is 2.86. The number of halogens is 1. The molecule has 0 heterocycles. The predicted molar refractivity (Wildman–Crippen MR) is 136 cm³/mol. The van der Waals surface area contributed by atoms with Crippen molar-refractivity contribution in [2.24, 2.45) is 0 Å². The summed E-state index contributed by atoms with van der Waals surface area (Å²) in [5.74, 6) is -0.278. The van der Waals surface area contributed by atoms with Crippen LogP contribution in [0.1, 0.15) is 23.1 Å². The van der Waals surface area contributed by atoms with E-state index in [2.05, 4.69) is 5.32 Å². The first-order valence-electron chi connectivity index (χ1n) is 11.4. The van der Waals surface area contributed by atoms with Gasteiger partial charge in [-0.15, -0.1) is 0 Å². The predicted octanol–water partition coefficient (Wildman–Crippen LogP) is 4.68. The van der Waals surface area contributed by atoms with Crippen LogP contribution < -0.4 is 5.32 Å². The van der Waals surface area contributed by atoms with Gasteiger partial charge in [-0.1, -0.05) is 84.4 Å². The summed E-state index contributed by atoms with van der Waals surface area (Å²) in [5.41, 5.74) is 2.82. The maximum Gasteiger partial charge on any atom is 0.243 e. The number of carbonyl (C=O) groups is 2. The molecule has 3 aromatic carbocycles. The number of hydrogen-bond donors (Lipinski definition) is 1. The molecule has 0 aliphatic rings. The van der Waals surface area contributed by atoms with Crippen molar-refractivity contribution in [2.75, 3.05) is 20.3 Å². The molecule has 34 heavy (non-hydrogen) atoms. The lowest BCUT2D eigenvalue weighted by Gasteiger charge is -2.31. The Morgan fingerprint density at radius 1 is 0.882 bits per heavy atom. The summed E-state index contributed by atoms with van der Waals surface area (Å²) < 4.78 is 5.09. The van der Waals surface area contributed by atoms with E-state index in [9.17, 15) is 9.59 Å². The molecule has 178 valence electrons. The van der Waals surface area contributed by atoms with Crippen molar-refractivity contribution in [1.82, 2.24) is 10.2 Å². The van der Waals surface area contributed by atoms with Crippen molar-refractivity contribution in [2.45, 2.75) is 31.8 Å². The second-order valence-electron chi connectivity index (χ2n) is 8.15. The Bertz CT molecular complexity index is 1030. The number of rotatable bonds is 12. The molecule has 5 nitrogen and oxygen atoms in total. The third-order valence-corrected chi connectivity index (χ3v) is 5.81. The molecule has 0 saturated carbocycles. The Morgan fingerprint density at radius 2 is 1.50 bits per heavy atom. The summed E-state index contributed by atoms with van der Waals surface area (Å²) >= 11 is 6.01. The fraction of sp³-hybridized carbons (Fsp3) is 0.286. The first-order chi connectivity index (χ1) is 16.6. The van der Waals surface area contributed by atoms with Gasteiger partial charge >= 0.3 is 0 Å². The van der Waals surface area contributed by atoms with Crippen LogP contribution in [0.25, 0.3) is 0 Å². The second kappa shape index (κ2) is 13.5. The molecule has 0 aliphatic heterocycles. The Hall–Kier alpha value is -3.15. The van der Waals surface area contributed by atoms with Crippen molar-refractivity contribution in [3.63, 3.8) is 0 Å². The molecule has 0 aromatic heterocycles. The van der Waals surface area contributed by atoms with Crippen LogP contribution in [-0.4, -0.2) is 43.0 Å². The lowest BCUT2D eigenvalue weighted by Crippen LogP contribution is -2.51. The standard InChI is InChI=1S/C28H31ClN2O3/c1-34-18-8-17-30-28(33)26(19-22-9-4-2-5-10-22)31(21-24-11-6-3-7-12-24)27(32)20-23-13-15-25(29)16-14-23/h2-7,9-16,26H,8,17-21H2,1H3,(H,30,33)/t26-/m0/s1. The van der Waals surface area contributed by atoms with Crippen LogP contribution in [0.4, 0.5) is 0 Å². The van der Waals surface area contributed by atoms with Crippen LogP contribution in [0.5, 0.6) is 0 Å². The van der Waals surface area contributed by atoms with Crippen molar-refractivity contribution >= 4 is 23.4 Å². The van der Waals surface area contributed by atoms with Gasteiger partial charge < -0.3 is 15.0 Å². The van der Waals surface area contributed by atoms with Gasteiger partial charge in [-0.2, -0.15) is 0 Å². The van der Waals surface area contributed by atoms with Gasteiger partial charge in [0.15, 0.2) is 0 Å². The minimum atomic E-state index is -0.648. The van der Waals surface area contributed by atoms with Crippen molar-refractivity contribution in [3.8, 4) is 0 Å². The van der Waals surface area contributed by atoms with Crippen LogP contribution in [0.2, 0.25) is 5.02 Å². The van der Waals surface area contributed by atoms with Gasteiger partial charge in [-0.05, 0) is 35.2 Å². The second-order valence-corrected chi connectivity index (χ2v) is 8.59. The molecule has 0 unspecified atom stereocenters. The van der Waals surface area contributed by atoms with E-state index >= 15 is 0 Å². The van der Waals surface area contributed by atoms with E-state index in [1.807, 2.05) is 72.8 Å². The van der Waals surface area contributed by atoms with Gasteiger partial charge in [0.25, 0.3) is 0 Å². The van der Waals surface area contributed by atoms with Crippen LogP contribution in [0.3, 0.4) is 0 Å². The SMILES string of the molecule is COCCCNC(=O)[C@H](Cc1ccccc1)N(Cc1ccccc1)C(=O)Cc1ccc(Cl)cc1. The zero-order chi connectivity index (χ0) is 24.2. The molecular weight excluding hydrogens is 448 g/mol. The number of benzene rings is 3. The molecule has 1 N–H and O–H groups in total. The number of nitrogens with one attached hydrogen (secondary N) is 1. The van der Waals surface area contributed by atoms with E-state index in [1.165, 1.54) is 0 Å². The fourth-order valence-electron chi connectivity index (χ4n) is 3.76. The zero-order valence-electron chi connectivity index (χ0n) is 19.5. The molecule has 6 heteroatoms. The quantitative estimate of drug-likeness (QED) is 0.385. The van der Waals surface area contributed by atoms with Gasteiger partial charge in [0, 0.05) is 38.2 Å². The molecule has 0 fully saturated rings. The molecule has 0 saturated heterocycles. The molecule has 0 spiro atoms. The fourth-order valence-corrected chi connectivity index (χ4v) is 3.88. The third-order valence-electron chi connectivity index (χ3n) is 5.56. The van der Waals surface area contributed by atoms with Gasteiger partial charge in [0.2, 0.25) is 11.8 Å². The van der Waals surface area contributed by atoms with E-state index < -0.39 is 6.04 Å². The number of carbonyl (C=O) groups excluding carboxylic acids is 2. The van der Waals surface area contributed by atoms with Gasteiger partial charge in [-0.25, -0.2) is 0 Å². The summed E-state index contributed by atoms with van der Waals surface area (Å²) in [5, 5.41) is 3.62. The Labute approximate surface area is 206 Å². The maximum atomic E-state index is 13.6. The van der Waals surface area contributed by atoms with Crippen LogP contribution in [-0.2, 0) is 33.7 Å². The molecule has 3 rings (SSSR count). The van der Waals surface area contributed by atoms with Crippen LogP contribution >= 0.6 is 11.6 Å². The van der Waals surface area contributed by atoms with E-state index in [1.54, 1.807) is 24.1 Å². The summed E-state index contributed by atoms with van der Waals surface area (Å²) in [6.45, 7) is 1.39. The summed E-state index contributed by atoms with van der Waals surface area (Å²) in [4.78, 5) is 28.7.